The normalized spacial score (nSPS) is 12.0. The summed E-state index contributed by atoms with van der Waals surface area (Å²) >= 11 is 0. The molecule has 0 heterocycles. The van der Waals surface area contributed by atoms with Crippen LogP contribution in [0.4, 0.5) is 28.0 Å². The van der Waals surface area contributed by atoms with E-state index < -0.39 is 48.1 Å². The summed E-state index contributed by atoms with van der Waals surface area (Å²) in [5.41, 5.74) is 0.144. The molecular weight excluding hydrogens is 460 g/mol. The Morgan fingerprint density at radius 3 is 2.00 bits per heavy atom. The fraction of sp³-hybridized carbons (Fsp3) is 0.391. The van der Waals surface area contributed by atoms with E-state index in [1.165, 1.54) is 36.2 Å². The number of hydrogen-bond donors (Lipinski definition) is 1. The zero-order valence-corrected chi connectivity index (χ0v) is 19.8. The third kappa shape index (κ3) is 9.33. The van der Waals surface area contributed by atoms with Crippen LogP contribution in [0.25, 0.3) is 0 Å². The van der Waals surface area contributed by atoms with Crippen molar-refractivity contribution in [3.05, 3.63) is 65.2 Å². The smallest absolute Gasteiger partial charge is 0.408 e. The van der Waals surface area contributed by atoms with Gasteiger partial charge in [0.25, 0.3) is 0 Å². The summed E-state index contributed by atoms with van der Waals surface area (Å²) in [6, 6.07) is 7.60. The third-order valence-electron chi connectivity index (χ3n) is 4.40. The molecule has 5 nitrogen and oxygen atoms in total. The number of rotatable bonds is 7. The van der Waals surface area contributed by atoms with Crippen LogP contribution in [0.15, 0.2) is 42.5 Å². The first kappa shape index (κ1) is 28.3. The predicted molar refractivity (Wildman–Crippen MR) is 123 cm³/mol. The van der Waals surface area contributed by atoms with Crippen molar-refractivity contribution in [2.24, 2.45) is 0 Å². The second-order valence-corrected chi connectivity index (χ2v) is 8.34. The highest BCUT2D eigenvalue weighted by Gasteiger charge is 2.28. The van der Waals surface area contributed by atoms with E-state index in [1.54, 1.807) is 20.8 Å². The molecule has 0 saturated carbocycles. The number of benzene rings is 2. The Balaban J connectivity index is 0.00000544. The Morgan fingerprint density at radius 1 is 0.970 bits per heavy atom. The molecule has 2 aromatic rings. The lowest BCUT2D eigenvalue weighted by molar-refractivity contribution is -0.120. The lowest BCUT2D eigenvalue weighted by Gasteiger charge is -2.27. The monoisotopic (exact) mass is 488 g/mol. The lowest BCUT2D eigenvalue weighted by Crippen LogP contribution is -2.50. The van der Waals surface area contributed by atoms with Crippen LogP contribution in [0, 0.1) is 11.6 Å². The average molecular weight is 489 g/mol. The maximum Gasteiger partial charge on any atom is 0.408 e. The molecule has 0 bridgehead atoms. The van der Waals surface area contributed by atoms with Crippen molar-refractivity contribution in [3.8, 4) is 0 Å². The van der Waals surface area contributed by atoms with Gasteiger partial charge in [0.2, 0.25) is 12.3 Å². The fourth-order valence-electron chi connectivity index (χ4n) is 3.01. The molecule has 0 saturated heterocycles. The first-order valence-corrected chi connectivity index (χ1v) is 9.93. The summed E-state index contributed by atoms with van der Waals surface area (Å²) in [5, 5.41) is 2.45. The Kier molecular flexibility index (Phi) is 10.2. The summed E-state index contributed by atoms with van der Waals surface area (Å²) in [5.74, 6) is -2.21. The van der Waals surface area contributed by atoms with E-state index in [2.05, 4.69) is 5.32 Å². The van der Waals surface area contributed by atoms with Gasteiger partial charge in [-0.1, -0.05) is 12.1 Å². The number of likely N-dealkylation sites (N-methyl/N-ethyl adjacent to an activating group) is 1. The first-order chi connectivity index (χ1) is 14.8. The molecule has 0 aromatic heterocycles. The topological polar surface area (TPSA) is 58.6 Å². The summed E-state index contributed by atoms with van der Waals surface area (Å²) in [7, 11) is 1.44. The van der Waals surface area contributed by atoms with E-state index in [1.807, 2.05) is 0 Å². The van der Waals surface area contributed by atoms with Gasteiger partial charge in [-0.3, -0.25) is 4.79 Å². The van der Waals surface area contributed by atoms with E-state index in [9.17, 15) is 27.2 Å². The maximum absolute atomic E-state index is 13.6. The summed E-state index contributed by atoms with van der Waals surface area (Å²) in [6.07, 6.45) is -3.96. The molecule has 2 aromatic carbocycles. The molecule has 182 valence electrons. The number of nitrogens with zero attached hydrogens (tertiary/aromatic N) is 1. The predicted octanol–water partition coefficient (Wildman–Crippen LogP) is 4.98. The Labute approximate surface area is 197 Å². The molecule has 0 aliphatic rings. The molecular formula is C23H28F4N2O3S. The molecule has 0 aliphatic heterocycles. The van der Waals surface area contributed by atoms with Crippen molar-refractivity contribution in [1.29, 1.82) is 0 Å². The van der Waals surface area contributed by atoms with Gasteiger partial charge in [-0.25, -0.2) is 22.4 Å². The Morgan fingerprint density at radius 2 is 1.52 bits per heavy atom. The van der Waals surface area contributed by atoms with E-state index in [-0.39, 0.29) is 25.5 Å². The van der Waals surface area contributed by atoms with Crippen LogP contribution >= 0.6 is 13.5 Å². The molecule has 2 amide bonds. The third-order valence-corrected chi connectivity index (χ3v) is 4.40. The molecule has 0 fully saturated rings. The standard InChI is InChI=1S/C23H26F4N2O3.H2S/c1-23(2,3)32-22(31)28-19(11-15-9-16(24)13-17(25)10-15)21(30)29(4)18-7-5-14(6-8-18)12-20(26)27;/h5-10,13,19-20H,11-12H2,1-4H3,(H,28,31);1H2/t19-;/m0./s1. The van der Waals surface area contributed by atoms with Crippen LogP contribution < -0.4 is 10.2 Å². The number of anilines is 1. The van der Waals surface area contributed by atoms with Gasteiger partial charge in [-0.2, -0.15) is 13.5 Å². The van der Waals surface area contributed by atoms with Crippen molar-refractivity contribution in [2.45, 2.75) is 51.7 Å². The van der Waals surface area contributed by atoms with E-state index in [0.29, 0.717) is 17.3 Å². The zero-order chi connectivity index (χ0) is 24.1. The number of alkyl carbamates (subject to hydrolysis) is 1. The first-order valence-electron chi connectivity index (χ1n) is 9.93. The Hall–Kier alpha value is -2.75. The SMILES string of the molecule is CN(C(=O)[C@H](Cc1cc(F)cc(F)c1)NC(=O)OC(C)(C)C)c1ccc(CC(F)F)cc1.S. The quantitative estimate of drug-likeness (QED) is 0.559. The van der Waals surface area contributed by atoms with Crippen molar-refractivity contribution in [2.75, 3.05) is 11.9 Å². The molecule has 0 aliphatic carbocycles. The summed E-state index contributed by atoms with van der Waals surface area (Å²) in [4.78, 5) is 26.6. The highest BCUT2D eigenvalue weighted by molar-refractivity contribution is 7.59. The van der Waals surface area contributed by atoms with Crippen LogP contribution in [-0.2, 0) is 22.4 Å². The lowest BCUT2D eigenvalue weighted by atomic mass is 10.0. The van der Waals surface area contributed by atoms with E-state index >= 15 is 0 Å². The van der Waals surface area contributed by atoms with Crippen LogP contribution in [0.2, 0.25) is 0 Å². The molecule has 0 unspecified atom stereocenters. The van der Waals surface area contributed by atoms with Crippen molar-refractivity contribution in [1.82, 2.24) is 5.32 Å². The minimum atomic E-state index is -2.49. The molecule has 1 atom stereocenters. The molecule has 0 spiro atoms. The molecule has 0 radical (unpaired) electrons. The number of alkyl halides is 2. The van der Waals surface area contributed by atoms with Gasteiger partial charge in [-0.15, -0.1) is 0 Å². The van der Waals surface area contributed by atoms with Gasteiger partial charge >= 0.3 is 6.09 Å². The van der Waals surface area contributed by atoms with Crippen LogP contribution in [0.5, 0.6) is 0 Å². The highest BCUT2D eigenvalue weighted by Crippen LogP contribution is 2.19. The number of hydrogen-bond acceptors (Lipinski definition) is 3. The highest BCUT2D eigenvalue weighted by atomic mass is 32.1. The average Bonchev–Trinajstić information content (AvgIpc) is 2.64. The minimum absolute atomic E-state index is 0. The van der Waals surface area contributed by atoms with Gasteiger partial charge in [0, 0.05) is 31.6 Å². The summed E-state index contributed by atoms with van der Waals surface area (Å²) in [6.45, 7) is 4.95. The van der Waals surface area contributed by atoms with E-state index in [4.69, 9.17) is 4.74 Å². The van der Waals surface area contributed by atoms with Gasteiger partial charge in [0.1, 0.15) is 23.3 Å². The van der Waals surface area contributed by atoms with Crippen LogP contribution in [-0.4, -0.2) is 37.1 Å². The molecule has 2 rings (SSSR count). The fourth-order valence-corrected chi connectivity index (χ4v) is 3.01. The van der Waals surface area contributed by atoms with Crippen LogP contribution in [0.1, 0.15) is 31.9 Å². The van der Waals surface area contributed by atoms with Gasteiger partial charge < -0.3 is 15.0 Å². The zero-order valence-electron chi connectivity index (χ0n) is 18.8. The Bertz CT molecular complexity index is 929. The number of carbonyl (C=O) groups excluding carboxylic acids is 2. The maximum atomic E-state index is 13.6. The largest absolute Gasteiger partial charge is 0.444 e. The van der Waals surface area contributed by atoms with Crippen molar-refractivity contribution >= 4 is 31.2 Å². The molecule has 33 heavy (non-hydrogen) atoms. The second kappa shape index (κ2) is 11.9. The van der Waals surface area contributed by atoms with Crippen molar-refractivity contribution < 1.29 is 31.9 Å². The van der Waals surface area contributed by atoms with Crippen LogP contribution in [0.3, 0.4) is 0 Å². The number of halogens is 4. The molecule has 1 N–H and O–H groups in total. The number of nitrogens with one attached hydrogen (secondary N) is 1. The van der Waals surface area contributed by atoms with Gasteiger partial charge in [0.05, 0.1) is 0 Å². The molecule has 10 heteroatoms. The minimum Gasteiger partial charge on any atom is -0.444 e. The summed E-state index contributed by atoms with van der Waals surface area (Å²) < 4.78 is 57.5. The van der Waals surface area contributed by atoms with Gasteiger partial charge in [-0.05, 0) is 56.2 Å². The number of amides is 2. The second-order valence-electron chi connectivity index (χ2n) is 8.34. The van der Waals surface area contributed by atoms with E-state index in [0.717, 1.165) is 12.1 Å². The van der Waals surface area contributed by atoms with Crippen molar-refractivity contribution in [3.63, 3.8) is 0 Å². The number of carbonyl (C=O) groups is 2. The number of ether oxygens (including phenoxy) is 1. The van der Waals surface area contributed by atoms with Gasteiger partial charge in [0.15, 0.2) is 0 Å².